The Balaban J connectivity index is 2.61. The number of hydrogen-bond donors (Lipinski definition) is 2. The molecule has 4 nitrogen and oxygen atoms in total. The predicted octanol–water partition coefficient (Wildman–Crippen LogP) is 1.08. The van der Waals surface area contributed by atoms with Gasteiger partial charge in [0.25, 0.3) is 0 Å². The summed E-state index contributed by atoms with van der Waals surface area (Å²) in [7, 11) is 0. The average Bonchev–Trinajstić information content (AvgIpc) is 2.15. The topological polar surface area (TPSA) is 58.6 Å². The zero-order chi connectivity index (χ0) is 12.4. The Bertz CT molecular complexity index is 251. The van der Waals surface area contributed by atoms with E-state index < -0.39 is 17.1 Å². The highest BCUT2D eigenvalue weighted by molar-refractivity contribution is 5.74. The van der Waals surface area contributed by atoms with Crippen LogP contribution in [0.15, 0.2) is 0 Å². The van der Waals surface area contributed by atoms with Gasteiger partial charge in [-0.1, -0.05) is 0 Å². The van der Waals surface area contributed by atoms with E-state index in [0.29, 0.717) is 12.8 Å². The number of rotatable bonds is 2. The van der Waals surface area contributed by atoms with Gasteiger partial charge in [-0.05, 0) is 53.6 Å². The highest BCUT2D eigenvalue weighted by Gasteiger charge is 2.41. The molecule has 1 unspecified atom stereocenters. The van der Waals surface area contributed by atoms with Gasteiger partial charge in [-0.2, -0.15) is 0 Å². The summed E-state index contributed by atoms with van der Waals surface area (Å²) in [5, 5.41) is 13.5. The smallest absolute Gasteiger partial charge is 0.312 e. The van der Waals surface area contributed by atoms with Crippen LogP contribution < -0.4 is 5.32 Å². The van der Waals surface area contributed by atoms with E-state index in [-0.39, 0.29) is 5.97 Å². The number of ether oxygens (including phenoxy) is 1. The lowest BCUT2D eigenvalue weighted by atomic mass is 9.81. The molecule has 1 atom stereocenters. The van der Waals surface area contributed by atoms with Crippen molar-refractivity contribution in [2.75, 3.05) is 13.1 Å². The van der Waals surface area contributed by atoms with E-state index in [1.807, 2.05) is 20.8 Å². The molecule has 2 N–H and O–H groups in total. The summed E-state index contributed by atoms with van der Waals surface area (Å²) in [6.07, 6.45) is 1.21. The lowest BCUT2D eigenvalue weighted by Gasteiger charge is -2.37. The molecule has 1 saturated heterocycles. The van der Waals surface area contributed by atoms with Crippen LogP contribution in [0.5, 0.6) is 0 Å². The minimum Gasteiger partial charge on any atom is -0.460 e. The number of hydrogen-bond acceptors (Lipinski definition) is 4. The van der Waals surface area contributed by atoms with Crippen molar-refractivity contribution in [3.63, 3.8) is 0 Å². The molecular weight excluding hydrogens is 206 g/mol. The summed E-state index contributed by atoms with van der Waals surface area (Å²) in [5.74, 6) is -0.772. The fourth-order valence-corrected chi connectivity index (χ4v) is 1.90. The normalized spacial score (nSPS) is 22.6. The van der Waals surface area contributed by atoms with Gasteiger partial charge in [0.15, 0.2) is 0 Å². The molecule has 0 aromatic rings. The lowest BCUT2D eigenvalue weighted by Crippen LogP contribution is -2.50. The number of carbonyl (C=O) groups is 1. The molecule has 1 aliphatic rings. The summed E-state index contributed by atoms with van der Waals surface area (Å²) >= 11 is 0. The molecular formula is C12H23NO3. The lowest BCUT2D eigenvalue weighted by molar-refractivity contribution is -0.170. The van der Waals surface area contributed by atoms with Gasteiger partial charge in [-0.15, -0.1) is 0 Å². The molecule has 0 aliphatic carbocycles. The second-order valence-corrected chi connectivity index (χ2v) is 5.61. The number of carbonyl (C=O) groups excluding carboxylic acids is 1. The molecule has 1 fully saturated rings. The molecule has 1 rings (SSSR count). The van der Waals surface area contributed by atoms with Gasteiger partial charge in [0.05, 0.1) is 11.5 Å². The second-order valence-electron chi connectivity index (χ2n) is 5.61. The zero-order valence-corrected chi connectivity index (χ0v) is 10.7. The van der Waals surface area contributed by atoms with E-state index in [2.05, 4.69) is 5.32 Å². The standard InChI is InChI=1S/C12H23NO3/c1-9(10(14)16-11(2,3)4)12(15)5-7-13-8-6-12/h9,13,15H,5-8H2,1-4H3. The van der Waals surface area contributed by atoms with Gasteiger partial charge >= 0.3 is 5.97 Å². The molecule has 1 aliphatic heterocycles. The first-order chi connectivity index (χ1) is 7.25. The summed E-state index contributed by atoms with van der Waals surface area (Å²) in [6, 6.07) is 0. The second kappa shape index (κ2) is 4.72. The van der Waals surface area contributed by atoms with Crippen LogP contribution in [0.3, 0.4) is 0 Å². The van der Waals surface area contributed by atoms with Gasteiger partial charge in [0, 0.05) is 0 Å². The highest BCUT2D eigenvalue weighted by Crippen LogP contribution is 2.29. The van der Waals surface area contributed by atoms with Crippen molar-refractivity contribution in [3.8, 4) is 0 Å². The molecule has 0 bridgehead atoms. The average molecular weight is 229 g/mol. The van der Waals surface area contributed by atoms with Crippen LogP contribution in [0.2, 0.25) is 0 Å². The van der Waals surface area contributed by atoms with Gasteiger partial charge in [-0.25, -0.2) is 0 Å². The maximum absolute atomic E-state index is 11.9. The van der Waals surface area contributed by atoms with Crippen molar-refractivity contribution in [3.05, 3.63) is 0 Å². The van der Waals surface area contributed by atoms with E-state index in [9.17, 15) is 9.90 Å². The van der Waals surface area contributed by atoms with Crippen LogP contribution in [0, 0.1) is 5.92 Å². The molecule has 16 heavy (non-hydrogen) atoms. The molecule has 0 saturated carbocycles. The number of aliphatic hydroxyl groups is 1. The van der Waals surface area contributed by atoms with Crippen molar-refractivity contribution in [1.82, 2.24) is 5.32 Å². The third-order valence-corrected chi connectivity index (χ3v) is 3.04. The van der Waals surface area contributed by atoms with E-state index >= 15 is 0 Å². The minimum absolute atomic E-state index is 0.308. The van der Waals surface area contributed by atoms with Crippen molar-refractivity contribution in [1.29, 1.82) is 0 Å². The predicted molar refractivity (Wildman–Crippen MR) is 62.1 cm³/mol. The minimum atomic E-state index is -0.909. The molecule has 0 spiro atoms. The Morgan fingerprint density at radius 2 is 1.88 bits per heavy atom. The van der Waals surface area contributed by atoms with Crippen LogP contribution in [-0.4, -0.2) is 35.4 Å². The Morgan fingerprint density at radius 1 is 1.38 bits per heavy atom. The molecule has 0 radical (unpaired) electrons. The van der Waals surface area contributed by atoms with Crippen molar-refractivity contribution >= 4 is 5.97 Å². The Hall–Kier alpha value is -0.610. The van der Waals surface area contributed by atoms with Crippen LogP contribution in [0.4, 0.5) is 0 Å². The largest absolute Gasteiger partial charge is 0.460 e. The van der Waals surface area contributed by atoms with E-state index in [1.54, 1.807) is 6.92 Å². The molecule has 1 heterocycles. The fraction of sp³-hybridized carbons (Fsp3) is 0.917. The Morgan fingerprint density at radius 3 is 2.31 bits per heavy atom. The number of piperidine rings is 1. The summed E-state index contributed by atoms with van der Waals surface area (Å²) in [6.45, 7) is 8.77. The molecule has 0 aromatic carbocycles. The van der Waals surface area contributed by atoms with E-state index in [0.717, 1.165) is 13.1 Å². The Labute approximate surface area is 97.4 Å². The summed E-state index contributed by atoms with van der Waals surface area (Å²) in [5.41, 5.74) is -1.40. The van der Waals surface area contributed by atoms with Crippen LogP contribution in [0.1, 0.15) is 40.5 Å². The molecule has 0 amide bonds. The molecule has 4 heteroatoms. The molecule has 94 valence electrons. The van der Waals surface area contributed by atoms with E-state index in [4.69, 9.17) is 4.74 Å². The maximum Gasteiger partial charge on any atom is 0.312 e. The number of esters is 1. The first-order valence-electron chi connectivity index (χ1n) is 5.90. The van der Waals surface area contributed by atoms with Crippen molar-refractivity contribution in [2.24, 2.45) is 5.92 Å². The maximum atomic E-state index is 11.9. The van der Waals surface area contributed by atoms with Crippen molar-refractivity contribution in [2.45, 2.75) is 51.7 Å². The third kappa shape index (κ3) is 3.46. The van der Waals surface area contributed by atoms with Crippen LogP contribution in [-0.2, 0) is 9.53 Å². The van der Waals surface area contributed by atoms with Gasteiger partial charge in [0.2, 0.25) is 0 Å². The SMILES string of the molecule is CC(C(=O)OC(C)(C)C)C1(O)CCNCC1. The number of nitrogens with one attached hydrogen (secondary N) is 1. The first kappa shape index (κ1) is 13.5. The quantitative estimate of drug-likeness (QED) is 0.696. The van der Waals surface area contributed by atoms with Gasteiger partial charge in [-0.3, -0.25) is 4.79 Å². The van der Waals surface area contributed by atoms with Gasteiger partial charge < -0.3 is 15.2 Å². The highest BCUT2D eigenvalue weighted by atomic mass is 16.6. The van der Waals surface area contributed by atoms with Crippen molar-refractivity contribution < 1.29 is 14.6 Å². The van der Waals surface area contributed by atoms with Crippen LogP contribution in [0.25, 0.3) is 0 Å². The van der Waals surface area contributed by atoms with E-state index in [1.165, 1.54) is 0 Å². The molecule has 0 aromatic heterocycles. The third-order valence-electron chi connectivity index (χ3n) is 3.04. The monoisotopic (exact) mass is 229 g/mol. The summed E-state index contributed by atoms with van der Waals surface area (Å²) in [4.78, 5) is 11.9. The van der Waals surface area contributed by atoms with Crippen LogP contribution >= 0.6 is 0 Å². The Kier molecular flexibility index (Phi) is 3.97. The summed E-state index contributed by atoms with van der Waals surface area (Å²) < 4.78 is 5.30. The fourth-order valence-electron chi connectivity index (χ4n) is 1.90. The zero-order valence-electron chi connectivity index (χ0n) is 10.7. The van der Waals surface area contributed by atoms with Gasteiger partial charge in [0.1, 0.15) is 5.60 Å². The first-order valence-corrected chi connectivity index (χ1v) is 5.90.